The van der Waals surface area contributed by atoms with Crippen molar-refractivity contribution in [1.82, 2.24) is 14.8 Å². The van der Waals surface area contributed by atoms with Crippen LogP contribution in [0, 0.1) is 18.6 Å². The molecule has 1 aliphatic heterocycles. The molecule has 2 aromatic carbocycles. The molecule has 1 aromatic heterocycles. The van der Waals surface area contributed by atoms with Crippen molar-refractivity contribution in [3.8, 4) is 28.1 Å². The summed E-state index contributed by atoms with van der Waals surface area (Å²) < 4.78 is 28.5. The predicted octanol–water partition coefficient (Wildman–Crippen LogP) is 4.76. The smallest absolute Gasteiger partial charge is 0.166 e. The van der Waals surface area contributed by atoms with Crippen LogP contribution in [0.3, 0.4) is 0 Å². The summed E-state index contributed by atoms with van der Waals surface area (Å²) in [4.78, 5) is 9.45. The monoisotopic (exact) mass is 452 g/mol. The molecule has 0 amide bonds. The van der Waals surface area contributed by atoms with Gasteiger partial charge in [-0.05, 0) is 62.8 Å². The van der Waals surface area contributed by atoms with E-state index in [1.807, 2.05) is 19.1 Å². The Morgan fingerprint density at radius 1 is 1.00 bits per heavy atom. The number of aryl methyl sites for hydroxylation is 1. The van der Waals surface area contributed by atoms with Crippen LogP contribution >= 0.6 is 0 Å². The van der Waals surface area contributed by atoms with Crippen molar-refractivity contribution in [2.75, 3.05) is 51.6 Å². The number of pyridine rings is 1. The number of phenols is 1. The Bertz CT molecular complexity index is 1090. The molecular weight excluding hydrogens is 422 g/mol. The van der Waals surface area contributed by atoms with Crippen molar-refractivity contribution in [3.63, 3.8) is 0 Å². The maximum atomic E-state index is 14.6. The molecule has 174 valence electrons. The maximum Gasteiger partial charge on any atom is 0.166 e. The molecule has 0 spiro atoms. The molecule has 0 bridgehead atoms. The molecule has 7 heteroatoms. The summed E-state index contributed by atoms with van der Waals surface area (Å²) in [7, 11) is 2.14. The van der Waals surface area contributed by atoms with Gasteiger partial charge in [0.2, 0.25) is 0 Å². The molecule has 0 radical (unpaired) electrons. The first-order chi connectivity index (χ1) is 15.9. The average Bonchev–Trinajstić information content (AvgIpc) is 2.81. The lowest BCUT2D eigenvalue weighted by molar-refractivity contribution is 0.154. The van der Waals surface area contributed by atoms with Gasteiger partial charge < -0.3 is 20.2 Å². The van der Waals surface area contributed by atoms with Gasteiger partial charge >= 0.3 is 0 Å². The van der Waals surface area contributed by atoms with E-state index in [1.54, 1.807) is 24.3 Å². The standard InChI is InChI=1S/C26H30F2N4O/c1-18-7-8-24(33)21(15-18)23-16-19(20-5-3-6-22(27)26(20)28)17-25(30-23)29-9-4-10-32-13-11-31(2)12-14-32/h3,5-8,15-17,33H,4,9-14H2,1-2H3,(H,29,30). The minimum Gasteiger partial charge on any atom is -0.507 e. The Balaban J connectivity index is 1.58. The van der Waals surface area contributed by atoms with E-state index in [-0.39, 0.29) is 11.3 Å². The van der Waals surface area contributed by atoms with E-state index in [2.05, 4.69) is 27.1 Å². The summed E-state index contributed by atoms with van der Waals surface area (Å²) in [5.74, 6) is -1.15. The number of nitrogens with zero attached hydrogens (tertiary/aromatic N) is 3. The molecule has 1 aliphatic rings. The largest absolute Gasteiger partial charge is 0.507 e. The SMILES string of the molecule is Cc1ccc(O)c(-c2cc(-c3cccc(F)c3F)cc(NCCCN3CCN(C)CC3)n2)c1. The number of aromatic nitrogens is 1. The number of anilines is 1. The third kappa shape index (κ3) is 5.67. The summed E-state index contributed by atoms with van der Waals surface area (Å²) >= 11 is 0. The highest BCUT2D eigenvalue weighted by molar-refractivity contribution is 5.76. The number of hydrogen-bond acceptors (Lipinski definition) is 5. The normalized spacial score (nSPS) is 15.0. The number of benzene rings is 2. The molecule has 2 heterocycles. The Morgan fingerprint density at radius 3 is 2.58 bits per heavy atom. The van der Waals surface area contributed by atoms with Crippen LogP contribution in [-0.4, -0.2) is 66.2 Å². The molecular formula is C26H30F2N4O. The Morgan fingerprint density at radius 2 is 1.79 bits per heavy atom. The quantitative estimate of drug-likeness (QED) is 0.507. The zero-order valence-corrected chi connectivity index (χ0v) is 19.1. The summed E-state index contributed by atoms with van der Waals surface area (Å²) in [5, 5.41) is 13.7. The fourth-order valence-electron chi connectivity index (χ4n) is 4.09. The number of phenolic OH excluding ortho intramolecular Hbond substituents is 1. The number of hydrogen-bond donors (Lipinski definition) is 2. The summed E-state index contributed by atoms with van der Waals surface area (Å²) in [6, 6.07) is 12.8. The van der Waals surface area contributed by atoms with Gasteiger partial charge in [0.05, 0.1) is 5.69 Å². The number of nitrogens with one attached hydrogen (secondary N) is 1. The Labute approximate surface area is 193 Å². The number of rotatable bonds is 7. The zero-order valence-electron chi connectivity index (χ0n) is 19.1. The van der Waals surface area contributed by atoms with Gasteiger partial charge in [-0.25, -0.2) is 13.8 Å². The summed E-state index contributed by atoms with van der Waals surface area (Å²) in [6.45, 7) is 7.92. The molecule has 2 N–H and O–H groups in total. The van der Waals surface area contributed by atoms with Gasteiger partial charge in [0.15, 0.2) is 11.6 Å². The molecule has 1 saturated heterocycles. The molecule has 5 nitrogen and oxygen atoms in total. The van der Waals surface area contributed by atoms with Crippen molar-refractivity contribution >= 4 is 5.82 Å². The van der Waals surface area contributed by atoms with Gasteiger partial charge in [0.25, 0.3) is 0 Å². The Hall–Kier alpha value is -3.03. The third-order valence-corrected chi connectivity index (χ3v) is 6.07. The fourth-order valence-corrected chi connectivity index (χ4v) is 4.09. The highest BCUT2D eigenvalue weighted by atomic mass is 19.2. The molecule has 0 atom stereocenters. The maximum absolute atomic E-state index is 14.6. The predicted molar refractivity (Wildman–Crippen MR) is 128 cm³/mol. The molecule has 0 saturated carbocycles. The minimum atomic E-state index is -0.899. The van der Waals surface area contributed by atoms with Crippen LogP contribution in [0.2, 0.25) is 0 Å². The van der Waals surface area contributed by atoms with E-state index in [4.69, 9.17) is 0 Å². The molecule has 3 aromatic rings. The van der Waals surface area contributed by atoms with Crippen LogP contribution in [0.5, 0.6) is 5.75 Å². The van der Waals surface area contributed by atoms with Gasteiger partial charge in [-0.3, -0.25) is 0 Å². The van der Waals surface area contributed by atoms with E-state index in [0.29, 0.717) is 29.2 Å². The molecule has 33 heavy (non-hydrogen) atoms. The highest BCUT2D eigenvalue weighted by Gasteiger charge is 2.16. The molecule has 0 aliphatic carbocycles. The van der Waals surface area contributed by atoms with Crippen LogP contribution in [-0.2, 0) is 0 Å². The van der Waals surface area contributed by atoms with E-state index >= 15 is 0 Å². The second-order valence-electron chi connectivity index (χ2n) is 8.67. The van der Waals surface area contributed by atoms with Crippen LogP contribution in [0.15, 0.2) is 48.5 Å². The van der Waals surface area contributed by atoms with Crippen molar-refractivity contribution in [1.29, 1.82) is 0 Å². The molecule has 1 fully saturated rings. The minimum absolute atomic E-state index is 0.0889. The third-order valence-electron chi connectivity index (χ3n) is 6.07. The van der Waals surface area contributed by atoms with Crippen LogP contribution < -0.4 is 5.32 Å². The van der Waals surface area contributed by atoms with E-state index in [0.717, 1.165) is 50.8 Å². The van der Waals surface area contributed by atoms with Crippen molar-refractivity contribution < 1.29 is 13.9 Å². The first-order valence-corrected chi connectivity index (χ1v) is 11.3. The Kier molecular flexibility index (Phi) is 7.20. The number of aromatic hydroxyl groups is 1. The number of piperazine rings is 1. The van der Waals surface area contributed by atoms with E-state index in [9.17, 15) is 13.9 Å². The first-order valence-electron chi connectivity index (χ1n) is 11.3. The van der Waals surface area contributed by atoms with Crippen molar-refractivity contribution in [3.05, 3.63) is 65.7 Å². The lowest BCUT2D eigenvalue weighted by atomic mass is 10.0. The summed E-state index contributed by atoms with van der Waals surface area (Å²) in [5.41, 5.74) is 2.67. The van der Waals surface area contributed by atoms with Gasteiger partial charge in [0, 0.05) is 43.9 Å². The second-order valence-corrected chi connectivity index (χ2v) is 8.67. The van der Waals surface area contributed by atoms with Gasteiger partial charge in [-0.1, -0.05) is 23.8 Å². The van der Waals surface area contributed by atoms with Crippen LogP contribution in [0.25, 0.3) is 22.4 Å². The van der Waals surface area contributed by atoms with Crippen molar-refractivity contribution in [2.24, 2.45) is 0 Å². The molecule has 0 unspecified atom stereocenters. The topological polar surface area (TPSA) is 51.6 Å². The average molecular weight is 453 g/mol. The van der Waals surface area contributed by atoms with E-state index in [1.165, 1.54) is 6.07 Å². The lowest BCUT2D eigenvalue weighted by Gasteiger charge is -2.32. The fraction of sp³-hybridized carbons (Fsp3) is 0.346. The first kappa shape index (κ1) is 23.1. The summed E-state index contributed by atoms with van der Waals surface area (Å²) in [6.07, 6.45) is 0.939. The van der Waals surface area contributed by atoms with Crippen molar-refractivity contribution in [2.45, 2.75) is 13.3 Å². The highest BCUT2D eigenvalue weighted by Crippen LogP contribution is 2.34. The van der Waals surface area contributed by atoms with Gasteiger partial charge in [-0.15, -0.1) is 0 Å². The molecule has 4 rings (SSSR count). The van der Waals surface area contributed by atoms with Gasteiger partial charge in [-0.2, -0.15) is 0 Å². The number of likely N-dealkylation sites (N-methyl/N-ethyl adjacent to an activating group) is 1. The van der Waals surface area contributed by atoms with Crippen LogP contribution in [0.4, 0.5) is 14.6 Å². The second kappa shape index (κ2) is 10.3. The lowest BCUT2D eigenvalue weighted by Crippen LogP contribution is -2.44. The van der Waals surface area contributed by atoms with Crippen LogP contribution in [0.1, 0.15) is 12.0 Å². The number of halogens is 2. The zero-order chi connectivity index (χ0) is 23.4. The van der Waals surface area contributed by atoms with Gasteiger partial charge in [0.1, 0.15) is 11.6 Å². The van der Waals surface area contributed by atoms with E-state index < -0.39 is 11.6 Å².